The standard InChI is InChI=1S/C18H19ClN2O3/c19-13-5-3-12(4-6-13)16(10-15-2-1-9-24-15)18(23)20-11-17(22)21-14-7-8-14/h1-6,9,14,16H,7-8,10-11H2,(H,20,23)(H,21,22). The lowest BCUT2D eigenvalue weighted by atomic mass is 9.93. The highest BCUT2D eigenvalue weighted by Crippen LogP contribution is 2.23. The van der Waals surface area contributed by atoms with Crippen LogP contribution in [0.4, 0.5) is 0 Å². The van der Waals surface area contributed by atoms with Crippen LogP contribution in [0.25, 0.3) is 0 Å². The van der Waals surface area contributed by atoms with Crippen molar-refractivity contribution in [3.05, 3.63) is 59.0 Å². The van der Waals surface area contributed by atoms with E-state index in [0.717, 1.165) is 18.4 Å². The maximum atomic E-state index is 12.6. The number of rotatable bonds is 7. The molecule has 1 atom stereocenters. The third-order valence-electron chi connectivity index (χ3n) is 3.94. The molecule has 2 aromatic rings. The number of amides is 2. The van der Waals surface area contributed by atoms with Crippen molar-refractivity contribution < 1.29 is 14.0 Å². The molecule has 3 rings (SSSR count). The van der Waals surface area contributed by atoms with Crippen molar-refractivity contribution >= 4 is 23.4 Å². The monoisotopic (exact) mass is 346 g/mol. The van der Waals surface area contributed by atoms with Gasteiger partial charge < -0.3 is 15.1 Å². The van der Waals surface area contributed by atoms with Gasteiger partial charge in [-0.05, 0) is 42.7 Å². The molecule has 1 heterocycles. The first kappa shape index (κ1) is 16.6. The fourth-order valence-electron chi connectivity index (χ4n) is 2.48. The largest absolute Gasteiger partial charge is 0.469 e. The van der Waals surface area contributed by atoms with Gasteiger partial charge >= 0.3 is 0 Å². The molecule has 1 saturated carbocycles. The molecule has 1 unspecified atom stereocenters. The second kappa shape index (κ2) is 7.53. The predicted molar refractivity (Wildman–Crippen MR) is 90.8 cm³/mol. The Kier molecular flexibility index (Phi) is 5.20. The van der Waals surface area contributed by atoms with E-state index in [1.165, 1.54) is 0 Å². The fraction of sp³-hybridized carbons (Fsp3) is 0.333. The Morgan fingerprint density at radius 1 is 1.21 bits per heavy atom. The summed E-state index contributed by atoms with van der Waals surface area (Å²) in [6, 6.07) is 11.0. The third kappa shape index (κ3) is 4.61. The summed E-state index contributed by atoms with van der Waals surface area (Å²) < 4.78 is 5.36. The summed E-state index contributed by atoms with van der Waals surface area (Å²) in [5.41, 5.74) is 0.830. The molecule has 0 radical (unpaired) electrons. The van der Waals surface area contributed by atoms with Gasteiger partial charge in [0.05, 0.1) is 18.7 Å². The van der Waals surface area contributed by atoms with Crippen LogP contribution in [-0.4, -0.2) is 24.4 Å². The summed E-state index contributed by atoms with van der Waals surface area (Å²) >= 11 is 5.92. The lowest BCUT2D eigenvalue weighted by Crippen LogP contribution is -2.40. The molecule has 1 aromatic heterocycles. The quantitative estimate of drug-likeness (QED) is 0.809. The highest BCUT2D eigenvalue weighted by atomic mass is 35.5. The molecule has 0 saturated heterocycles. The summed E-state index contributed by atoms with van der Waals surface area (Å²) in [5.74, 6) is -0.0898. The predicted octanol–water partition coefficient (Wildman–Crippen LogP) is 2.65. The zero-order valence-corrected chi connectivity index (χ0v) is 13.9. The van der Waals surface area contributed by atoms with Crippen molar-refractivity contribution in [2.75, 3.05) is 6.54 Å². The molecule has 6 heteroatoms. The van der Waals surface area contributed by atoms with Crippen molar-refractivity contribution in [2.24, 2.45) is 0 Å². The Morgan fingerprint density at radius 3 is 2.58 bits per heavy atom. The van der Waals surface area contributed by atoms with Gasteiger partial charge in [0.15, 0.2) is 0 Å². The number of hydrogen-bond donors (Lipinski definition) is 2. The molecule has 1 aliphatic rings. The van der Waals surface area contributed by atoms with E-state index < -0.39 is 5.92 Å². The van der Waals surface area contributed by atoms with Crippen molar-refractivity contribution in [3.63, 3.8) is 0 Å². The number of hydrogen-bond acceptors (Lipinski definition) is 3. The topological polar surface area (TPSA) is 71.3 Å². The van der Waals surface area contributed by atoms with Crippen LogP contribution >= 0.6 is 11.6 Å². The Morgan fingerprint density at radius 2 is 1.96 bits per heavy atom. The molecule has 2 amide bonds. The Bertz CT molecular complexity index is 694. The van der Waals surface area contributed by atoms with Gasteiger partial charge in [0, 0.05) is 17.5 Å². The highest BCUT2D eigenvalue weighted by molar-refractivity contribution is 6.30. The minimum absolute atomic E-state index is 0.0163. The van der Waals surface area contributed by atoms with Crippen LogP contribution < -0.4 is 10.6 Å². The molecule has 1 aromatic carbocycles. The lowest BCUT2D eigenvalue weighted by Gasteiger charge is -2.16. The molecule has 2 N–H and O–H groups in total. The highest BCUT2D eigenvalue weighted by Gasteiger charge is 2.25. The van der Waals surface area contributed by atoms with Crippen molar-refractivity contribution in [2.45, 2.75) is 31.2 Å². The van der Waals surface area contributed by atoms with E-state index in [4.69, 9.17) is 16.0 Å². The minimum Gasteiger partial charge on any atom is -0.469 e. The normalized spacial score (nSPS) is 14.9. The Hall–Kier alpha value is -2.27. The van der Waals surface area contributed by atoms with Crippen LogP contribution in [0.1, 0.15) is 30.1 Å². The minimum atomic E-state index is -0.442. The van der Waals surface area contributed by atoms with E-state index in [0.29, 0.717) is 17.2 Å². The average molecular weight is 347 g/mol. The van der Waals surface area contributed by atoms with Gasteiger partial charge in [0.25, 0.3) is 0 Å². The first-order valence-electron chi connectivity index (χ1n) is 7.97. The summed E-state index contributed by atoms with van der Waals surface area (Å²) in [4.78, 5) is 24.4. The van der Waals surface area contributed by atoms with Gasteiger partial charge in [-0.25, -0.2) is 0 Å². The number of carbonyl (C=O) groups excluding carboxylic acids is 2. The van der Waals surface area contributed by atoms with Gasteiger partial charge in [-0.1, -0.05) is 23.7 Å². The molecule has 24 heavy (non-hydrogen) atoms. The van der Waals surface area contributed by atoms with Gasteiger partial charge in [-0.3, -0.25) is 9.59 Å². The van der Waals surface area contributed by atoms with E-state index in [1.807, 2.05) is 18.2 Å². The molecule has 5 nitrogen and oxygen atoms in total. The first-order chi connectivity index (χ1) is 11.6. The zero-order chi connectivity index (χ0) is 16.9. The summed E-state index contributed by atoms with van der Waals surface area (Å²) in [7, 11) is 0. The van der Waals surface area contributed by atoms with Gasteiger partial charge in [0.2, 0.25) is 11.8 Å². The molecular formula is C18H19ClN2O3. The summed E-state index contributed by atoms with van der Waals surface area (Å²) in [6.07, 6.45) is 4.04. The lowest BCUT2D eigenvalue weighted by molar-refractivity contribution is -0.127. The van der Waals surface area contributed by atoms with Crippen LogP contribution in [0.15, 0.2) is 47.1 Å². The van der Waals surface area contributed by atoms with E-state index in [9.17, 15) is 9.59 Å². The van der Waals surface area contributed by atoms with Gasteiger partial charge in [0.1, 0.15) is 5.76 Å². The van der Waals surface area contributed by atoms with Crippen LogP contribution in [-0.2, 0) is 16.0 Å². The SMILES string of the molecule is O=C(CNC(=O)C(Cc1ccco1)c1ccc(Cl)cc1)NC1CC1. The molecule has 1 aliphatic carbocycles. The summed E-state index contributed by atoms with van der Waals surface area (Å²) in [5, 5.41) is 6.18. The maximum absolute atomic E-state index is 12.6. The Balaban J connectivity index is 1.66. The molecular weight excluding hydrogens is 328 g/mol. The number of benzene rings is 1. The van der Waals surface area contributed by atoms with Crippen LogP contribution in [0.5, 0.6) is 0 Å². The van der Waals surface area contributed by atoms with E-state index in [-0.39, 0.29) is 24.4 Å². The second-order valence-electron chi connectivity index (χ2n) is 5.95. The molecule has 0 aliphatic heterocycles. The van der Waals surface area contributed by atoms with Gasteiger partial charge in [-0.15, -0.1) is 0 Å². The number of nitrogens with one attached hydrogen (secondary N) is 2. The van der Waals surface area contributed by atoms with Crippen LogP contribution in [0.3, 0.4) is 0 Å². The van der Waals surface area contributed by atoms with Crippen molar-refractivity contribution in [3.8, 4) is 0 Å². The van der Waals surface area contributed by atoms with E-state index in [2.05, 4.69) is 10.6 Å². The van der Waals surface area contributed by atoms with Gasteiger partial charge in [-0.2, -0.15) is 0 Å². The summed E-state index contributed by atoms with van der Waals surface area (Å²) in [6.45, 7) is -0.0163. The molecule has 0 spiro atoms. The number of carbonyl (C=O) groups is 2. The smallest absolute Gasteiger partial charge is 0.239 e. The molecule has 0 bridgehead atoms. The van der Waals surface area contributed by atoms with E-state index >= 15 is 0 Å². The first-order valence-corrected chi connectivity index (χ1v) is 8.34. The zero-order valence-electron chi connectivity index (χ0n) is 13.1. The van der Waals surface area contributed by atoms with Crippen molar-refractivity contribution in [1.82, 2.24) is 10.6 Å². The number of halogens is 1. The molecule has 126 valence electrons. The van der Waals surface area contributed by atoms with Crippen LogP contribution in [0, 0.1) is 0 Å². The third-order valence-corrected chi connectivity index (χ3v) is 4.19. The van der Waals surface area contributed by atoms with E-state index in [1.54, 1.807) is 24.5 Å². The average Bonchev–Trinajstić information content (AvgIpc) is 3.23. The Labute approximate surface area is 145 Å². The number of furan rings is 1. The fourth-order valence-corrected chi connectivity index (χ4v) is 2.61. The van der Waals surface area contributed by atoms with Crippen LogP contribution in [0.2, 0.25) is 5.02 Å². The molecule has 1 fully saturated rings. The maximum Gasteiger partial charge on any atom is 0.239 e. The van der Waals surface area contributed by atoms with Crippen molar-refractivity contribution in [1.29, 1.82) is 0 Å². The second-order valence-corrected chi connectivity index (χ2v) is 6.38.